The van der Waals surface area contributed by atoms with Crippen LogP contribution in [0.25, 0.3) is 0 Å². The molecule has 0 aliphatic carbocycles. The van der Waals surface area contributed by atoms with Crippen molar-refractivity contribution in [1.82, 2.24) is 5.32 Å². The molecule has 0 bridgehead atoms. The van der Waals surface area contributed by atoms with Crippen molar-refractivity contribution in [2.75, 3.05) is 6.54 Å². The van der Waals surface area contributed by atoms with Gasteiger partial charge in [-0.2, -0.15) is 0 Å². The third-order valence-corrected chi connectivity index (χ3v) is 4.83. The largest absolute Gasteiger partial charge is 0.459 e. The number of rotatable bonds is 8. The molecule has 1 amide bonds. The molecule has 152 valence electrons. The predicted octanol–water partition coefficient (Wildman–Crippen LogP) is 1.56. The van der Waals surface area contributed by atoms with Crippen molar-refractivity contribution >= 4 is 33.5 Å². The molecule has 8 nitrogen and oxygen atoms in total. The second kappa shape index (κ2) is 9.50. The Labute approximate surface area is 164 Å². The highest BCUT2D eigenvalue weighted by Gasteiger charge is 2.21. The Morgan fingerprint density at radius 2 is 1.89 bits per heavy atom. The molecule has 0 heterocycles. The molecule has 1 rings (SSSR count). The van der Waals surface area contributed by atoms with Crippen molar-refractivity contribution in [3.63, 3.8) is 0 Å². The maximum atomic E-state index is 12.1. The van der Waals surface area contributed by atoms with E-state index in [0.29, 0.717) is 25.8 Å². The van der Waals surface area contributed by atoms with Crippen molar-refractivity contribution in [2.24, 2.45) is 10.9 Å². The second-order valence-corrected chi connectivity index (χ2v) is 9.02. The van der Waals surface area contributed by atoms with Crippen molar-refractivity contribution < 1.29 is 22.7 Å². The molecule has 1 aromatic rings. The van der Waals surface area contributed by atoms with Gasteiger partial charge in [-0.1, -0.05) is 11.6 Å². The molecule has 1 aromatic carbocycles. The highest BCUT2D eigenvalue weighted by atomic mass is 35.5. The summed E-state index contributed by atoms with van der Waals surface area (Å²) in [5.74, 6) is -0.906. The van der Waals surface area contributed by atoms with Gasteiger partial charge in [-0.05, 0) is 58.2 Å². The van der Waals surface area contributed by atoms with Crippen LogP contribution in [-0.4, -0.2) is 38.5 Å². The van der Waals surface area contributed by atoms with Crippen LogP contribution in [0.5, 0.6) is 0 Å². The van der Waals surface area contributed by atoms with Crippen LogP contribution in [0.3, 0.4) is 0 Å². The fraction of sp³-hybridized carbons (Fsp3) is 0.529. The summed E-state index contributed by atoms with van der Waals surface area (Å²) in [7, 11) is -4.02. The first-order valence-corrected chi connectivity index (χ1v) is 10.3. The van der Waals surface area contributed by atoms with Crippen LogP contribution in [0.1, 0.15) is 50.4 Å². The summed E-state index contributed by atoms with van der Waals surface area (Å²) in [5, 5.41) is 7.68. The van der Waals surface area contributed by atoms with Gasteiger partial charge in [-0.3, -0.25) is 9.59 Å². The average molecular weight is 420 g/mol. The van der Waals surface area contributed by atoms with Gasteiger partial charge in [0.15, 0.2) is 0 Å². The molecule has 10 heteroatoms. The molecular weight excluding hydrogens is 394 g/mol. The number of nitrogens with one attached hydrogen (secondary N) is 1. The van der Waals surface area contributed by atoms with Crippen LogP contribution in [0.15, 0.2) is 23.1 Å². The number of nitrogens with two attached hydrogens (primary N) is 2. The Balaban J connectivity index is 2.45. The lowest BCUT2D eigenvalue weighted by Crippen LogP contribution is -2.37. The van der Waals surface area contributed by atoms with E-state index in [9.17, 15) is 18.0 Å². The Morgan fingerprint density at radius 3 is 2.44 bits per heavy atom. The molecule has 0 fully saturated rings. The van der Waals surface area contributed by atoms with Crippen molar-refractivity contribution in [2.45, 2.75) is 56.6 Å². The van der Waals surface area contributed by atoms with Crippen LogP contribution >= 0.6 is 11.6 Å². The summed E-state index contributed by atoms with van der Waals surface area (Å²) in [6.45, 7) is 5.65. The minimum atomic E-state index is -4.02. The molecule has 0 aromatic heterocycles. The van der Waals surface area contributed by atoms with E-state index in [2.05, 4.69) is 5.32 Å². The van der Waals surface area contributed by atoms with E-state index in [1.165, 1.54) is 12.1 Å². The highest BCUT2D eigenvalue weighted by Crippen LogP contribution is 2.21. The third-order valence-electron chi connectivity index (χ3n) is 3.44. The normalized spacial score (nSPS) is 13.1. The SMILES string of the molecule is CC(C)(C)OC(=O)[C@@H](N)CCCCNC(=O)c1ccc(Cl)c(S(N)(=O)=O)c1. The highest BCUT2D eigenvalue weighted by molar-refractivity contribution is 7.89. The summed E-state index contributed by atoms with van der Waals surface area (Å²) < 4.78 is 28.1. The number of ether oxygens (including phenoxy) is 1. The molecule has 0 radical (unpaired) electrons. The number of hydrogen-bond donors (Lipinski definition) is 3. The lowest BCUT2D eigenvalue weighted by atomic mass is 10.1. The monoisotopic (exact) mass is 419 g/mol. The number of carbonyl (C=O) groups is 2. The van der Waals surface area contributed by atoms with Crippen molar-refractivity contribution in [1.29, 1.82) is 0 Å². The minimum Gasteiger partial charge on any atom is -0.459 e. The summed E-state index contributed by atoms with van der Waals surface area (Å²) in [4.78, 5) is 23.6. The number of halogens is 1. The fourth-order valence-electron chi connectivity index (χ4n) is 2.15. The van der Waals surface area contributed by atoms with E-state index in [-0.39, 0.29) is 15.5 Å². The smallest absolute Gasteiger partial charge is 0.323 e. The first-order chi connectivity index (χ1) is 12.3. The van der Waals surface area contributed by atoms with E-state index >= 15 is 0 Å². The van der Waals surface area contributed by atoms with Crippen LogP contribution in [0, 0.1) is 0 Å². The molecule has 27 heavy (non-hydrogen) atoms. The predicted molar refractivity (Wildman–Crippen MR) is 103 cm³/mol. The average Bonchev–Trinajstić information content (AvgIpc) is 2.51. The van der Waals surface area contributed by atoms with Gasteiger partial charge < -0.3 is 15.8 Å². The number of primary sulfonamides is 1. The zero-order valence-corrected chi connectivity index (χ0v) is 17.2. The summed E-state index contributed by atoms with van der Waals surface area (Å²) >= 11 is 5.79. The topological polar surface area (TPSA) is 142 Å². The summed E-state index contributed by atoms with van der Waals surface area (Å²) in [6.07, 6.45) is 1.64. The lowest BCUT2D eigenvalue weighted by molar-refractivity contribution is -0.156. The van der Waals surface area contributed by atoms with E-state index in [4.69, 9.17) is 27.2 Å². The standard InChI is InChI=1S/C17H26ClN3O5S/c1-17(2,3)26-16(23)13(19)6-4-5-9-21-15(22)11-7-8-12(18)14(10-11)27(20,24)25/h7-8,10,13H,4-6,9,19H2,1-3H3,(H,21,22)(H2,20,24,25)/t13-/m0/s1. The third kappa shape index (κ3) is 8.25. The summed E-state index contributed by atoms with van der Waals surface area (Å²) in [6, 6.07) is 3.13. The Morgan fingerprint density at radius 1 is 1.26 bits per heavy atom. The fourth-order valence-corrected chi connectivity index (χ4v) is 3.22. The number of hydrogen-bond acceptors (Lipinski definition) is 6. The number of amides is 1. The molecule has 0 aliphatic heterocycles. The van der Waals surface area contributed by atoms with Crippen LogP contribution in [-0.2, 0) is 19.6 Å². The van der Waals surface area contributed by atoms with Gasteiger partial charge in [0.25, 0.3) is 5.91 Å². The molecule has 0 aliphatic rings. The first kappa shape index (κ1) is 23.4. The number of esters is 1. The van der Waals surface area contributed by atoms with E-state index < -0.39 is 33.5 Å². The Kier molecular flexibility index (Phi) is 8.22. The van der Waals surface area contributed by atoms with Gasteiger partial charge in [-0.15, -0.1) is 0 Å². The van der Waals surface area contributed by atoms with Gasteiger partial charge in [-0.25, -0.2) is 13.6 Å². The van der Waals surface area contributed by atoms with Crippen LogP contribution < -0.4 is 16.2 Å². The Bertz CT molecular complexity index is 790. The van der Waals surface area contributed by atoms with Crippen LogP contribution in [0.2, 0.25) is 5.02 Å². The van der Waals surface area contributed by atoms with E-state index in [1.54, 1.807) is 20.8 Å². The number of unbranched alkanes of at least 4 members (excludes halogenated alkanes) is 1. The minimum absolute atomic E-state index is 0.0508. The van der Waals surface area contributed by atoms with Crippen molar-refractivity contribution in [3.05, 3.63) is 28.8 Å². The molecule has 1 atom stereocenters. The van der Waals surface area contributed by atoms with E-state index in [1.807, 2.05) is 0 Å². The van der Waals surface area contributed by atoms with Gasteiger partial charge in [0, 0.05) is 12.1 Å². The van der Waals surface area contributed by atoms with Gasteiger partial charge in [0.1, 0.15) is 16.5 Å². The zero-order valence-electron chi connectivity index (χ0n) is 15.6. The first-order valence-electron chi connectivity index (χ1n) is 8.40. The molecule has 0 unspecified atom stereocenters. The molecular formula is C17H26ClN3O5S. The number of sulfonamides is 1. The molecule has 0 saturated carbocycles. The second-order valence-electron chi connectivity index (χ2n) is 7.08. The number of carbonyl (C=O) groups excluding carboxylic acids is 2. The maximum Gasteiger partial charge on any atom is 0.323 e. The maximum absolute atomic E-state index is 12.1. The molecule has 0 saturated heterocycles. The van der Waals surface area contributed by atoms with Crippen molar-refractivity contribution in [3.8, 4) is 0 Å². The van der Waals surface area contributed by atoms with Gasteiger partial charge in [0.2, 0.25) is 10.0 Å². The van der Waals surface area contributed by atoms with Gasteiger partial charge >= 0.3 is 5.97 Å². The van der Waals surface area contributed by atoms with Gasteiger partial charge in [0.05, 0.1) is 5.02 Å². The quantitative estimate of drug-likeness (QED) is 0.431. The Hall–Kier alpha value is -1.68. The number of benzene rings is 1. The van der Waals surface area contributed by atoms with E-state index in [0.717, 1.165) is 6.07 Å². The van der Waals surface area contributed by atoms with Crippen LogP contribution in [0.4, 0.5) is 0 Å². The molecule has 5 N–H and O–H groups in total. The zero-order chi connectivity index (χ0) is 20.8. The lowest BCUT2D eigenvalue weighted by Gasteiger charge is -2.22. The summed E-state index contributed by atoms with van der Waals surface area (Å²) in [5.41, 5.74) is 5.33. The molecule has 0 spiro atoms.